The molecule has 176 valence electrons. The van der Waals surface area contributed by atoms with Crippen LogP contribution < -0.4 is 4.74 Å². The van der Waals surface area contributed by atoms with E-state index in [1.165, 1.54) is 18.2 Å². The van der Waals surface area contributed by atoms with Gasteiger partial charge >= 0.3 is 0 Å². The lowest BCUT2D eigenvalue weighted by Gasteiger charge is -2.27. The highest BCUT2D eigenvalue weighted by atomic mass is 35.5. The molecule has 2 N–H and O–H groups in total. The molecule has 6 nitrogen and oxygen atoms in total. The number of benzene rings is 3. The Labute approximate surface area is 206 Å². The van der Waals surface area contributed by atoms with E-state index in [4.69, 9.17) is 16.3 Å². The van der Waals surface area contributed by atoms with Gasteiger partial charge in [0.25, 0.3) is 5.91 Å². The maximum Gasteiger partial charge on any atom is 0.273 e. The van der Waals surface area contributed by atoms with Crippen molar-refractivity contribution in [2.24, 2.45) is 0 Å². The minimum Gasteiger partial charge on any atom is -0.507 e. The minimum absolute atomic E-state index is 0.00468. The Morgan fingerprint density at radius 3 is 2.74 bits per heavy atom. The summed E-state index contributed by atoms with van der Waals surface area (Å²) in [4.78, 5) is 15.2. The van der Waals surface area contributed by atoms with Crippen molar-refractivity contribution in [2.45, 2.75) is 12.6 Å². The molecule has 0 saturated carbocycles. The van der Waals surface area contributed by atoms with Crippen LogP contribution in [0.4, 0.5) is 4.39 Å². The molecule has 1 aromatic heterocycles. The highest BCUT2D eigenvalue weighted by Gasteiger charge is 2.42. The third kappa shape index (κ3) is 4.26. The average Bonchev–Trinajstić information content (AvgIpc) is 3.40. The number of hydrogen-bond acceptors (Lipinski definition) is 4. The molecule has 2 heterocycles. The number of fused-ring (bicyclic) bond motifs is 1. The third-order valence-electron chi connectivity index (χ3n) is 5.89. The van der Waals surface area contributed by atoms with E-state index in [2.05, 4.69) is 16.8 Å². The summed E-state index contributed by atoms with van der Waals surface area (Å²) >= 11 is 6.20. The van der Waals surface area contributed by atoms with Crippen LogP contribution in [-0.2, 0) is 6.54 Å². The number of carbonyl (C=O) groups is 1. The highest BCUT2D eigenvalue weighted by molar-refractivity contribution is 6.31. The van der Waals surface area contributed by atoms with Crippen molar-refractivity contribution in [1.29, 1.82) is 0 Å². The first kappa shape index (κ1) is 22.7. The average molecular weight is 490 g/mol. The van der Waals surface area contributed by atoms with E-state index in [1.54, 1.807) is 35.2 Å². The molecule has 0 aliphatic carbocycles. The van der Waals surface area contributed by atoms with Gasteiger partial charge in [0.2, 0.25) is 0 Å². The number of carbonyl (C=O) groups excluding carboxylic acids is 1. The highest BCUT2D eigenvalue weighted by Crippen LogP contribution is 2.46. The van der Waals surface area contributed by atoms with Gasteiger partial charge < -0.3 is 14.7 Å². The number of phenols is 1. The fourth-order valence-corrected chi connectivity index (χ4v) is 4.50. The van der Waals surface area contributed by atoms with Crippen molar-refractivity contribution in [3.8, 4) is 22.8 Å². The van der Waals surface area contributed by atoms with Crippen LogP contribution >= 0.6 is 11.6 Å². The van der Waals surface area contributed by atoms with Crippen molar-refractivity contribution in [3.05, 3.63) is 113 Å². The molecular formula is C27H21ClFN3O3. The molecule has 0 spiro atoms. The molecule has 8 heteroatoms. The maximum atomic E-state index is 13.6. The summed E-state index contributed by atoms with van der Waals surface area (Å²) < 4.78 is 19.2. The summed E-state index contributed by atoms with van der Waals surface area (Å²) in [6.07, 6.45) is 1.65. The molecule has 0 saturated heterocycles. The van der Waals surface area contributed by atoms with Gasteiger partial charge in [-0.3, -0.25) is 9.89 Å². The standard InChI is InChI=1S/C27H21ClFN3O3/c1-2-12-35-20-5-3-4-17(13-20)26-23-24(21-14-18(28)8-11-22(21)33)30-31-25(23)27(34)32(26)15-16-6-9-19(29)10-7-16/h2-11,13-14,26,33H,1,12,15H2,(H,30,31). The van der Waals surface area contributed by atoms with Crippen LogP contribution in [0.2, 0.25) is 5.02 Å². The van der Waals surface area contributed by atoms with Crippen molar-refractivity contribution >= 4 is 17.5 Å². The topological polar surface area (TPSA) is 78.5 Å². The van der Waals surface area contributed by atoms with Crippen molar-refractivity contribution in [1.82, 2.24) is 15.1 Å². The summed E-state index contributed by atoms with van der Waals surface area (Å²) in [5.41, 5.74) is 3.35. The SMILES string of the molecule is C=CCOc1cccc(C2c3c(-c4cc(Cl)ccc4O)n[nH]c3C(=O)N2Cc2ccc(F)cc2)c1. The van der Waals surface area contributed by atoms with Crippen LogP contribution in [-0.4, -0.2) is 32.7 Å². The van der Waals surface area contributed by atoms with E-state index in [9.17, 15) is 14.3 Å². The second-order valence-electron chi connectivity index (χ2n) is 8.16. The molecule has 1 atom stereocenters. The molecule has 1 aliphatic heterocycles. The molecule has 0 bridgehead atoms. The first-order valence-electron chi connectivity index (χ1n) is 10.9. The molecule has 1 aliphatic rings. The first-order chi connectivity index (χ1) is 17.0. The molecule has 4 aromatic rings. The molecule has 35 heavy (non-hydrogen) atoms. The monoisotopic (exact) mass is 489 g/mol. The van der Waals surface area contributed by atoms with Crippen LogP contribution in [0.3, 0.4) is 0 Å². The molecule has 1 unspecified atom stereocenters. The Bertz CT molecular complexity index is 1420. The van der Waals surface area contributed by atoms with Gasteiger partial charge in [0.15, 0.2) is 0 Å². The summed E-state index contributed by atoms with van der Waals surface area (Å²) in [5.74, 6) is 0.0147. The number of ether oxygens (including phenoxy) is 1. The van der Waals surface area contributed by atoms with Crippen molar-refractivity contribution in [2.75, 3.05) is 6.61 Å². The first-order valence-corrected chi connectivity index (χ1v) is 11.3. The molecule has 0 radical (unpaired) electrons. The lowest BCUT2D eigenvalue weighted by molar-refractivity contribution is 0.0730. The van der Waals surface area contributed by atoms with Crippen molar-refractivity contribution in [3.63, 3.8) is 0 Å². The Balaban J connectivity index is 1.65. The molecule has 5 rings (SSSR count). The van der Waals surface area contributed by atoms with Gasteiger partial charge in [0, 0.05) is 22.7 Å². The van der Waals surface area contributed by atoms with E-state index in [-0.39, 0.29) is 24.0 Å². The normalized spacial score (nSPS) is 14.7. The Kier molecular flexibility index (Phi) is 6.01. The van der Waals surface area contributed by atoms with Gasteiger partial charge in [0.1, 0.15) is 35.3 Å². The smallest absolute Gasteiger partial charge is 0.273 e. The van der Waals surface area contributed by atoms with Gasteiger partial charge in [-0.2, -0.15) is 5.10 Å². The van der Waals surface area contributed by atoms with E-state index < -0.39 is 6.04 Å². The number of aromatic amines is 1. The number of nitrogens with one attached hydrogen (secondary N) is 1. The largest absolute Gasteiger partial charge is 0.507 e. The predicted octanol–water partition coefficient (Wildman–Crippen LogP) is 5.89. The number of H-pyrrole nitrogens is 1. The second-order valence-corrected chi connectivity index (χ2v) is 8.59. The minimum atomic E-state index is -0.540. The van der Waals surface area contributed by atoms with Gasteiger partial charge in [-0.25, -0.2) is 4.39 Å². The Hall–Kier alpha value is -4.10. The van der Waals surface area contributed by atoms with Gasteiger partial charge in [0.05, 0.1) is 6.04 Å². The van der Waals surface area contributed by atoms with Crippen LogP contribution in [0.5, 0.6) is 11.5 Å². The number of hydrogen-bond donors (Lipinski definition) is 2. The molecule has 1 amide bonds. The summed E-state index contributed by atoms with van der Waals surface area (Å²) in [6.45, 7) is 4.26. The molecular weight excluding hydrogens is 469 g/mol. The van der Waals surface area contributed by atoms with Crippen LogP contribution in [0.1, 0.15) is 33.2 Å². The van der Waals surface area contributed by atoms with Crippen LogP contribution in [0.25, 0.3) is 11.3 Å². The van der Waals surface area contributed by atoms with Gasteiger partial charge in [-0.05, 0) is 53.6 Å². The lowest BCUT2D eigenvalue weighted by atomic mass is 9.95. The predicted molar refractivity (Wildman–Crippen MR) is 131 cm³/mol. The van der Waals surface area contributed by atoms with Gasteiger partial charge in [-0.1, -0.05) is 48.5 Å². The Morgan fingerprint density at radius 1 is 1.17 bits per heavy atom. The number of phenolic OH excluding ortho intramolecular Hbond substituents is 1. The van der Waals surface area contributed by atoms with E-state index in [0.717, 1.165) is 11.1 Å². The quantitative estimate of drug-likeness (QED) is 0.317. The zero-order chi connectivity index (χ0) is 24.5. The number of halogens is 2. The third-order valence-corrected chi connectivity index (χ3v) is 6.12. The summed E-state index contributed by atoms with van der Waals surface area (Å²) in [5, 5.41) is 18.2. The number of nitrogens with zero attached hydrogens (tertiary/aromatic N) is 2. The second kappa shape index (κ2) is 9.27. The maximum absolute atomic E-state index is 13.6. The molecule has 0 fully saturated rings. The van der Waals surface area contributed by atoms with Crippen LogP contribution in [0.15, 0.2) is 79.4 Å². The van der Waals surface area contributed by atoms with Crippen molar-refractivity contribution < 1.29 is 19.0 Å². The molecule has 3 aromatic carbocycles. The van der Waals surface area contributed by atoms with Gasteiger partial charge in [-0.15, -0.1) is 0 Å². The number of rotatable bonds is 7. The Morgan fingerprint density at radius 2 is 1.97 bits per heavy atom. The number of aromatic hydroxyl groups is 1. The van der Waals surface area contributed by atoms with E-state index >= 15 is 0 Å². The fourth-order valence-electron chi connectivity index (χ4n) is 4.33. The zero-order valence-corrected chi connectivity index (χ0v) is 19.3. The number of amides is 1. The lowest BCUT2D eigenvalue weighted by Crippen LogP contribution is -2.29. The summed E-state index contributed by atoms with van der Waals surface area (Å²) in [6, 6.07) is 17.6. The zero-order valence-electron chi connectivity index (χ0n) is 18.5. The summed E-state index contributed by atoms with van der Waals surface area (Å²) in [7, 11) is 0. The van der Waals surface area contributed by atoms with E-state index in [1.807, 2.05) is 24.3 Å². The number of aromatic nitrogens is 2. The fraction of sp³-hybridized carbons (Fsp3) is 0.111. The van der Waals surface area contributed by atoms with Crippen LogP contribution in [0, 0.1) is 5.82 Å². The van der Waals surface area contributed by atoms with E-state index in [0.29, 0.717) is 39.9 Å².